The van der Waals surface area contributed by atoms with Crippen molar-refractivity contribution in [3.63, 3.8) is 0 Å². The number of carboxylic acid groups (broad SMARTS) is 1. The van der Waals surface area contributed by atoms with Gasteiger partial charge in [0.25, 0.3) is 0 Å². The second-order valence-corrected chi connectivity index (χ2v) is 5.88. The molecule has 2 heterocycles. The molecular formula is C18H22N4O3. The number of ether oxygens (including phenoxy) is 1. The average Bonchev–Trinajstić information content (AvgIpc) is 2.66. The fourth-order valence-electron chi connectivity index (χ4n) is 2.87. The molecule has 3 rings (SSSR count). The van der Waals surface area contributed by atoms with Gasteiger partial charge < -0.3 is 14.7 Å². The number of para-hydroxylation sites is 1. The molecule has 1 aromatic heterocycles. The Morgan fingerprint density at radius 2 is 1.80 bits per heavy atom. The van der Waals surface area contributed by atoms with Gasteiger partial charge in [-0.25, -0.2) is 14.8 Å². The van der Waals surface area contributed by atoms with Crippen molar-refractivity contribution in [3.8, 4) is 5.75 Å². The van der Waals surface area contributed by atoms with Crippen LogP contribution in [0.5, 0.6) is 5.75 Å². The molecule has 1 fully saturated rings. The first-order chi connectivity index (χ1) is 12.2. The Labute approximate surface area is 146 Å². The van der Waals surface area contributed by atoms with E-state index in [4.69, 9.17) is 9.84 Å². The van der Waals surface area contributed by atoms with Crippen LogP contribution in [0.1, 0.15) is 16.8 Å². The van der Waals surface area contributed by atoms with E-state index in [9.17, 15) is 4.79 Å². The van der Waals surface area contributed by atoms with E-state index in [-0.39, 0.29) is 5.56 Å². The SMILES string of the molecule is O=C(O)c1ccccc1OCCCN1CCN(c2ncccn2)CC1. The number of carboxylic acids is 1. The maximum absolute atomic E-state index is 11.1. The Kier molecular flexibility index (Phi) is 5.79. The highest BCUT2D eigenvalue weighted by molar-refractivity contribution is 5.90. The Hall–Kier alpha value is -2.67. The van der Waals surface area contributed by atoms with Crippen molar-refractivity contribution >= 4 is 11.9 Å². The van der Waals surface area contributed by atoms with Gasteiger partial charge in [0.15, 0.2) is 0 Å². The fourth-order valence-corrected chi connectivity index (χ4v) is 2.87. The van der Waals surface area contributed by atoms with Crippen LogP contribution in [0.25, 0.3) is 0 Å². The van der Waals surface area contributed by atoms with Gasteiger partial charge in [0.05, 0.1) is 6.61 Å². The zero-order valence-electron chi connectivity index (χ0n) is 14.0. The first-order valence-corrected chi connectivity index (χ1v) is 8.43. The number of carbonyl (C=O) groups is 1. The molecule has 132 valence electrons. The lowest BCUT2D eigenvalue weighted by atomic mass is 10.2. The number of benzene rings is 1. The number of piperazine rings is 1. The zero-order valence-corrected chi connectivity index (χ0v) is 14.0. The van der Waals surface area contributed by atoms with E-state index >= 15 is 0 Å². The molecule has 25 heavy (non-hydrogen) atoms. The highest BCUT2D eigenvalue weighted by Gasteiger charge is 2.18. The summed E-state index contributed by atoms with van der Waals surface area (Å²) < 4.78 is 5.64. The van der Waals surface area contributed by atoms with Gasteiger partial charge in [0, 0.05) is 45.1 Å². The quantitative estimate of drug-likeness (QED) is 0.768. The first kappa shape index (κ1) is 17.2. The third-order valence-electron chi connectivity index (χ3n) is 4.20. The first-order valence-electron chi connectivity index (χ1n) is 8.43. The molecule has 7 heteroatoms. The van der Waals surface area contributed by atoms with Crippen LogP contribution in [0.2, 0.25) is 0 Å². The third-order valence-corrected chi connectivity index (χ3v) is 4.20. The molecule has 0 amide bonds. The molecule has 7 nitrogen and oxygen atoms in total. The van der Waals surface area contributed by atoms with Gasteiger partial charge in [0.2, 0.25) is 5.95 Å². The maximum atomic E-state index is 11.1. The number of rotatable bonds is 7. The zero-order chi connectivity index (χ0) is 17.5. The highest BCUT2D eigenvalue weighted by Crippen LogP contribution is 2.18. The van der Waals surface area contributed by atoms with Crippen LogP contribution in [0.4, 0.5) is 5.95 Å². The molecule has 0 spiro atoms. The van der Waals surface area contributed by atoms with E-state index in [1.165, 1.54) is 0 Å². The average molecular weight is 342 g/mol. The van der Waals surface area contributed by atoms with Crippen molar-refractivity contribution in [1.29, 1.82) is 0 Å². The van der Waals surface area contributed by atoms with Crippen LogP contribution in [-0.2, 0) is 0 Å². The van der Waals surface area contributed by atoms with Gasteiger partial charge in [-0.3, -0.25) is 4.90 Å². The summed E-state index contributed by atoms with van der Waals surface area (Å²) in [5, 5.41) is 9.14. The largest absolute Gasteiger partial charge is 0.493 e. The van der Waals surface area contributed by atoms with Crippen LogP contribution in [0, 0.1) is 0 Å². The normalized spacial score (nSPS) is 15.1. The van der Waals surface area contributed by atoms with Crippen LogP contribution < -0.4 is 9.64 Å². The molecule has 2 aromatic rings. The molecular weight excluding hydrogens is 320 g/mol. The number of nitrogens with zero attached hydrogens (tertiary/aromatic N) is 4. The van der Waals surface area contributed by atoms with Crippen molar-refractivity contribution in [3.05, 3.63) is 48.3 Å². The minimum Gasteiger partial charge on any atom is -0.493 e. The summed E-state index contributed by atoms with van der Waals surface area (Å²) in [5.74, 6) is 0.256. The lowest BCUT2D eigenvalue weighted by Gasteiger charge is -2.34. The minimum atomic E-state index is -0.963. The van der Waals surface area contributed by atoms with Gasteiger partial charge in [-0.05, 0) is 24.6 Å². The van der Waals surface area contributed by atoms with Crippen molar-refractivity contribution in [2.24, 2.45) is 0 Å². The van der Waals surface area contributed by atoms with Crippen LogP contribution in [0.3, 0.4) is 0 Å². The van der Waals surface area contributed by atoms with Crippen LogP contribution in [-0.4, -0.2) is 65.3 Å². The number of aromatic nitrogens is 2. The lowest BCUT2D eigenvalue weighted by molar-refractivity contribution is 0.0692. The molecule has 0 radical (unpaired) electrons. The Balaban J connectivity index is 1.39. The van der Waals surface area contributed by atoms with Gasteiger partial charge in [0.1, 0.15) is 11.3 Å². The van der Waals surface area contributed by atoms with E-state index < -0.39 is 5.97 Å². The van der Waals surface area contributed by atoms with Crippen molar-refractivity contribution in [2.75, 3.05) is 44.2 Å². The summed E-state index contributed by atoms with van der Waals surface area (Å²) in [6.07, 6.45) is 4.39. The van der Waals surface area contributed by atoms with Crippen molar-refractivity contribution in [1.82, 2.24) is 14.9 Å². The van der Waals surface area contributed by atoms with E-state index in [0.29, 0.717) is 12.4 Å². The predicted octanol–water partition coefficient (Wildman–Crippen LogP) is 1.77. The number of aromatic carboxylic acids is 1. The molecule has 1 N–H and O–H groups in total. The second kappa shape index (κ2) is 8.43. The molecule has 1 aliphatic heterocycles. The van der Waals surface area contributed by atoms with E-state index in [0.717, 1.165) is 45.1 Å². The Bertz CT molecular complexity index is 688. The molecule has 1 saturated heterocycles. The number of hydrogen-bond donors (Lipinski definition) is 1. The summed E-state index contributed by atoms with van der Waals surface area (Å²) in [4.78, 5) is 24.3. The van der Waals surface area contributed by atoms with Crippen LogP contribution >= 0.6 is 0 Å². The molecule has 0 aliphatic carbocycles. The lowest BCUT2D eigenvalue weighted by Crippen LogP contribution is -2.47. The van der Waals surface area contributed by atoms with Crippen molar-refractivity contribution < 1.29 is 14.6 Å². The smallest absolute Gasteiger partial charge is 0.339 e. The molecule has 1 aromatic carbocycles. The summed E-state index contributed by atoms with van der Waals surface area (Å²) >= 11 is 0. The standard InChI is InChI=1S/C18H22N4O3/c23-17(24)15-5-1-2-6-16(15)25-14-4-9-21-10-12-22(13-11-21)18-19-7-3-8-20-18/h1-3,5-8H,4,9-14H2,(H,23,24). The molecule has 0 bridgehead atoms. The third kappa shape index (κ3) is 4.67. The summed E-state index contributed by atoms with van der Waals surface area (Å²) in [7, 11) is 0. The molecule has 0 saturated carbocycles. The van der Waals surface area contributed by atoms with Gasteiger partial charge in [-0.15, -0.1) is 0 Å². The highest BCUT2D eigenvalue weighted by atomic mass is 16.5. The van der Waals surface area contributed by atoms with Gasteiger partial charge in [-0.1, -0.05) is 12.1 Å². The second-order valence-electron chi connectivity index (χ2n) is 5.88. The molecule has 0 atom stereocenters. The van der Waals surface area contributed by atoms with E-state index in [2.05, 4.69) is 19.8 Å². The monoisotopic (exact) mass is 342 g/mol. The predicted molar refractivity (Wildman–Crippen MR) is 94.2 cm³/mol. The maximum Gasteiger partial charge on any atom is 0.339 e. The number of hydrogen-bond acceptors (Lipinski definition) is 6. The van der Waals surface area contributed by atoms with E-state index in [1.54, 1.807) is 36.7 Å². The van der Waals surface area contributed by atoms with E-state index in [1.807, 2.05) is 6.07 Å². The van der Waals surface area contributed by atoms with Gasteiger partial charge in [-0.2, -0.15) is 0 Å². The summed E-state index contributed by atoms with van der Waals surface area (Å²) in [6, 6.07) is 8.56. The van der Waals surface area contributed by atoms with Gasteiger partial charge >= 0.3 is 5.97 Å². The fraction of sp³-hybridized carbons (Fsp3) is 0.389. The minimum absolute atomic E-state index is 0.207. The molecule has 0 unspecified atom stereocenters. The molecule has 1 aliphatic rings. The van der Waals surface area contributed by atoms with Crippen molar-refractivity contribution in [2.45, 2.75) is 6.42 Å². The number of anilines is 1. The summed E-state index contributed by atoms with van der Waals surface area (Å²) in [5.41, 5.74) is 0.207. The Morgan fingerprint density at radius 3 is 2.52 bits per heavy atom. The summed E-state index contributed by atoms with van der Waals surface area (Å²) in [6.45, 7) is 5.18. The van der Waals surface area contributed by atoms with Crippen LogP contribution in [0.15, 0.2) is 42.7 Å². The topological polar surface area (TPSA) is 78.8 Å². The Morgan fingerprint density at radius 1 is 1.08 bits per heavy atom.